The lowest BCUT2D eigenvalue weighted by Crippen LogP contribution is -2.36. The number of hydrogen-bond acceptors (Lipinski definition) is 4. The highest BCUT2D eigenvalue weighted by atomic mass is 16.6. The first-order chi connectivity index (χ1) is 12.9. The molecule has 27 heavy (non-hydrogen) atoms. The van der Waals surface area contributed by atoms with Crippen LogP contribution in [0.5, 0.6) is 11.5 Å². The summed E-state index contributed by atoms with van der Waals surface area (Å²) in [6.07, 6.45) is 6.18. The molecular formula is C21H25N3O3. The molecule has 0 aliphatic carbocycles. The van der Waals surface area contributed by atoms with Crippen molar-refractivity contribution in [3.8, 4) is 11.5 Å². The Kier molecular flexibility index (Phi) is 4.42. The molecule has 6 nitrogen and oxygen atoms in total. The molecule has 1 amide bonds. The summed E-state index contributed by atoms with van der Waals surface area (Å²) in [6, 6.07) is 5.71. The Morgan fingerprint density at radius 1 is 1.19 bits per heavy atom. The SMILES string of the molecule is CC(C)(C)n1ncc2c1CCN(C(=O)/C=C\c1ccc3c(c1)OCCO3)C2. The molecule has 2 aromatic rings. The van der Waals surface area contributed by atoms with E-state index in [9.17, 15) is 4.79 Å². The number of benzene rings is 1. The third kappa shape index (κ3) is 3.56. The van der Waals surface area contributed by atoms with Gasteiger partial charge in [-0.1, -0.05) is 6.07 Å². The predicted octanol–water partition coefficient (Wildman–Crippen LogP) is 3.01. The predicted molar refractivity (Wildman–Crippen MR) is 103 cm³/mol. The highest BCUT2D eigenvalue weighted by Gasteiger charge is 2.26. The van der Waals surface area contributed by atoms with Crippen LogP contribution in [0.4, 0.5) is 0 Å². The maximum Gasteiger partial charge on any atom is 0.246 e. The summed E-state index contributed by atoms with van der Waals surface area (Å²) >= 11 is 0. The molecule has 0 fully saturated rings. The number of fused-ring (bicyclic) bond motifs is 2. The largest absolute Gasteiger partial charge is 0.486 e. The van der Waals surface area contributed by atoms with Crippen LogP contribution in [0.15, 0.2) is 30.5 Å². The number of ether oxygens (including phenoxy) is 2. The molecule has 142 valence electrons. The van der Waals surface area contributed by atoms with Crippen molar-refractivity contribution in [2.24, 2.45) is 0 Å². The summed E-state index contributed by atoms with van der Waals surface area (Å²) in [6.45, 7) is 8.88. The van der Waals surface area contributed by atoms with E-state index in [1.165, 1.54) is 5.69 Å². The van der Waals surface area contributed by atoms with Crippen molar-refractivity contribution in [3.05, 3.63) is 47.3 Å². The Labute approximate surface area is 159 Å². The molecule has 1 aromatic carbocycles. The van der Waals surface area contributed by atoms with E-state index in [4.69, 9.17) is 9.47 Å². The van der Waals surface area contributed by atoms with Crippen LogP contribution in [0.3, 0.4) is 0 Å². The third-order valence-corrected chi connectivity index (χ3v) is 4.87. The molecule has 1 aromatic heterocycles. The van der Waals surface area contributed by atoms with E-state index < -0.39 is 0 Å². The van der Waals surface area contributed by atoms with Gasteiger partial charge in [0.1, 0.15) is 13.2 Å². The average Bonchev–Trinajstić information content (AvgIpc) is 3.09. The van der Waals surface area contributed by atoms with Crippen molar-refractivity contribution in [3.63, 3.8) is 0 Å². The van der Waals surface area contributed by atoms with Gasteiger partial charge in [0, 0.05) is 36.8 Å². The molecule has 4 rings (SSSR count). The summed E-state index contributed by atoms with van der Waals surface area (Å²) in [4.78, 5) is 14.5. The van der Waals surface area contributed by atoms with E-state index in [2.05, 4.69) is 30.6 Å². The van der Waals surface area contributed by atoms with Crippen molar-refractivity contribution in [1.82, 2.24) is 14.7 Å². The van der Waals surface area contributed by atoms with Gasteiger partial charge in [-0.3, -0.25) is 9.48 Å². The number of hydrogen-bond donors (Lipinski definition) is 0. The third-order valence-electron chi connectivity index (χ3n) is 4.87. The van der Waals surface area contributed by atoms with E-state index in [0.29, 0.717) is 26.3 Å². The van der Waals surface area contributed by atoms with Gasteiger partial charge in [0.15, 0.2) is 11.5 Å². The fraction of sp³-hybridized carbons (Fsp3) is 0.429. The smallest absolute Gasteiger partial charge is 0.246 e. The number of carbonyl (C=O) groups excluding carboxylic acids is 1. The van der Waals surface area contributed by atoms with Gasteiger partial charge in [-0.05, 0) is 44.5 Å². The van der Waals surface area contributed by atoms with Crippen molar-refractivity contribution < 1.29 is 14.3 Å². The molecule has 3 heterocycles. The molecule has 2 aliphatic rings. The van der Waals surface area contributed by atoms with Gasteiger partial charge in [-0.25, -0.2) is 0 Å². The Morgan fingerprint density at radius 3 is 2.74 bits per heavy atom. The lowest BCUT2D eigenvalue weighted by molar-refractivity contribution is -0.126. The van der Waals surface area contributed by atoms with Crippen LogP contribution in [0.2, 0.25) is 0 Å². The standard InChI is InChI=1S/C21H25N3O3/c1-21(2,3)24-17-8-9-23(14-16(17)13-22-24)20(25)7-5-15-4-6-18-19(12-15)27-11-10-26-18/h4-7,12-13H,8-11,14H2,1-3H3/b7-5-. The molecule has 0 bridgehead atoms. The maximum atomic E-state index is 12.6. The van der Waals surface area contributed by atoms with Gasteiger partial charge in [0.25, 0.3) is 0 Å². The van der Waals surface area contributed by atoms with Gasteiger partial charge >= 0.3 is 0 Å². The fourth-order valence-corrected chi connectivity index (χ4v) is 3.53. The normalized spacial score (nSPS) is 16.5. The van der Waals surface area contributed by atoms with Gasteiger partial charge in [0.2, 0.25) is 5.91 Å². The van der Waals surface area contributed by atoms with E-state index >= 15 is 0 Å². The molecule has 2 aliphatic heterocycles. The number of rotatable bonds is 2. The summed E-state index contributed by atoms with van der Waals surface area (Å²) in [5.41, 5.74) is 3.25. The first-order valence-corrected chi connectivity index (χ1v) is 9.35. The Morgan fingerprint density at radius 2 is 1.96 bits per heavy atom. The molecule has 0 unspecified atom stereocenters. The van der Waals surface area contributed by atoms with E-state index in [1.54, 1.807) is 6.08 Å². The minimum Gasteiger partial charge on any atom is -0.486 e. The minimum atomic E-state index is -0.0438. The Hall–Kier alpha value is -2.76. The quantitative estimate of drug-likeness (QED) is 0.766. The maximum absolute atomic E-state index is 12.6. The number of amides is 1. The van der Waals surface area contributed by atoms with Crippen LogP contribution >= 0.6 is 0 Å². The number of carbonyl (C=O) groups is 1. The van der Waals surface area contributed by atoms with E-state index in [0.717, 1.165) is 29.0 Å². The van der Waals surface area contributed by atoms with Crippen LogP contribution in [-0.2, 0) is 23.3 Å². The number of nitrogens with zero attached hydrogens (tertiary/aromatic N) is 3. The molecule has 0 spiro atoms. The van der Waals surface area contributed by atoms with Gasteiger partial charge < -0.3 is 14.4 Å². The highest BCUT2D eigenvalue weighted by molar-refractivity contribution is 5.92. The first-order valence-electron chi connectivity index (χ1n) is 9.35. The zero-order valence-corrected chi connectivity index (χ0v) is 16.1. The van der Waals surface area contributed by atoms with E-state index in [-0.39, 0.29) is 11.4 Å². The molecule has 0 atom stereocenters. The van der Waals surface area contributed by atoms with Crippen LogP contribution < -0.4 is 9.47 Å². The highest BCUT2D eigenvalue weighted by Crippen LogP contribution is 2.31. The van der Waals surface area contributed by atoms with Crippen molar-refractivity contribution in [2.75, 3.05) is 19.8 Å². The van der Waals surface area contributed by atoms with Gasteiger partial charge in [0.05, 0.1) is 11.7 Å². The second kappa shape index (κ2) is 6.76. The molecule has 0 saturated carbocycles. The molecular weight excluding hydrogens is 342 g/mol. The minimum absolute atomic E-state index is 0.0130. The topological polar surface area (TPSA) is 56.6 Å². The zero-order valence-electron chi connectivity index (χ0n) is 16.1. The van der Waals surface area contributed by atoms with Crippen molar-refractivity contribution in [2.45, 2.75) is 39.3 Å². The second-order valence-corrected chi connectivity index (χ2v) is 7.95. The monoisotopic (exact) mass is 367 g/mol. The summed E-state index contributed by atoms with van der Waals surface area (Å²) in [5.74, 6) is 1.50. The zero-order chi connectivity index (χ0) is 19.0. The second-order valence-electron chi connectivity index (χ2n) is 7.95. The number of aromatic nitrogens is 2. The fourth-order valence-electron chi connectivity index (χ4n) is 3.53. The Bertz CT molecular complexity index is 893. The van der Waals surface area contributed by atoms with Gasteiger partial charge in [-0.15, -0.1) is 0 Å². The summed E-state index contributed by atoms with van der Waals surface area (Å²) in [5, 5.41) is 4.53. The molecule has 0 saturated heterocycles. The molecule has 0 N–H and O–H groups in total. The first kappa shape index (κ1) is 17.6. The Balaban J connectivity index is 1.45. The van der Waals surface area contributed by atoms with Gasteiger partial charge in [-0.2, -0.15) is 5.10 Å². The molecule has 6 heteroatoms. The molecule has 0 radical (unpaired) electrons. The average molecular weight is 367 g/mol. The van der Waals surface area contributed by atoms with Crippen LogP contribution in [0.25, 0.3) is 6.08 Å². The van der Waals surface area contributed by atoms with Crippen molar-refractivity contribution >= 4 is 12.0 Å². The summed E-state index contributed by atoms with van der Waals surface area (Å²) in [7, 11) is 0. The lowest BCUT2D eigenvalue weighted by atomic mass is 10.0. The lowest BCUT2D eigenvalue weighted by Gasteiger charge is -2.29. The van der Waals surface area contributed by atoms with Crippen LogP contribution in [-0.4, -0.2) is 40.3 Å². The summed E-state index contributed by atoms with van der Waals surface area (Å²) < 4.78 is 13.2. The van der Waals surface area contributed by atoms with Crippen LogP contribution in [0.1, 0.15) is 37.6 Å². The van der Waals surface area contributed by atoms with Crippen molar-refractivity contribution in [1.29, 1.82) is 0 Å². The van der Waals surface area contributed by atoms with E-state index in [1.807, 2.05) is 35.4 Å². The van der Waals surface area contributed by atoms with Crippen LogP contribution in [0, 0.1) is 0 Å².